The van der Waals surface area contributed by atoms with Crippen LogP contribution in [0, 0.1) is 0 Å². The Bertz CT molecular complexity index is 276. The van der Waals surface area contributed by atoms with Crippen molar-refractivity contribution in [3.05, 3.63) is 30.4 Å². The van der Waals surface area contributed by atoms with Crippen LogP contribution in [0.15, 0.2) is 24.1 Å². The van der Waals surface area contributed by atoms with Crippen LogP contribution in [0.2, 0.25) is 0 Å². The van der Waals surface area contributed by atoms with Crippen LogP contribution in [-0.2, 0) is 0 Å². The maximum absolute atomic E-state index is 4.06. The first-order valence-electron chi connectivity index (χ1n) is 3.51. The van der Waals surface area contributed by atoms with Crippen LogP contribution >= 0.6 is 0 Å². The van der Waals surface area contributed by atoms with Gasteiger partial charge in [0, 0.05) is 7.05 Å². The molecule has 0 atom stereocenters. The van der Waals surface area contributed by atoms with Crippen molar-refractivity contribution in [1.29, 1.82) is 0 Å². The summed E-state index contributed by atoms with van der Waals surface area (Å²) in [6.07, 6.45) is 6.52. The van der Waals surface area contributed by atoms with Crippen molar-refractivity contribution in [1.82, 2.24) is 15.4 Å². The average Bonchev–Trinajstić information content (AvgIpc) is 2.15. The molecule has 0 radical (unpaired) electrons. The molecule has 0 unspecified atom stereocenters. The van der Waals surface area contributed by atoms with Crippen LogP contribution in [-0.4, -0.2) is 23.2 Å². The van der Waals surface area contributed by atoms with Gasteiger partial charge in [-0.2, -0.15) is 5.10 Å². The lowest BCUT2D eigenvalue weighted by Gasteiger charge is -1.92. The smallest absolute Gasteiger partial charge is 0.101 e. The fraction of sp³-hybridized carbons (Fsp3) is 0.125. The largest absolute Gasteiger partial charge is 0.313 e. The molecule has 1 aromatic heterocycles. The Labute approximate surface area is 71.1 Å². The van der Waals surface area contributed by atoms with Gasteiger partial charge in [0.2, 0.25) is 0 Å². The highest BCUT2D eigenvalue weighted by Gasteiger charge is 1.89. The van der Waals surface area contributed by atoms with Gasteiger partial charge in [-0.15, -0.1) is 0 Å². The monoisotopic (exact) mass is 162 g/mol. The molecule has 0 aliphatic carbocycles. The van der Waals surface area contributed by atoms with Crippen molar-refractivity contribution in [2.24, 2.45) is 5.10 Å². The van der Waals surface area contributed by atoms with Crippen LogP contribution in [0.1, 0.15) is 11.4 Å². The number of aromatic nitrogens is 2. The van der Waals surface area contributed by atoms with Crippen LogP contribution in [0.5, 0.6) is 0 Å². The molecule has 0 saturated heterocycles. The third-order valence-electron chi connectivity index (χ3n) is 1.23. The van der Waals surface area contributed by atoms with Crippen molar-refractivity contribution >= 4 is 12.3 Å². The summed E-state index contributed by atoms with van der Waals surface area (Å²) in [5.41, 5.74) is 4.10. The Morgan fingerprint density at radius 3 is 2.58 bits per heavy atom. The van der Waals surface area contributed by atoms with Gasteiger partial charge in [0.15, 0.2) is 0 Å². The van der Waals surface area contributed by atoms with Gasteiger partial charge >= 0.3 is 0 Å². The lowest BCUT2D eigenvalue weighted by atomic mass is 10.4. The van der Waals surface area contributed by atoms with E-state index in [9.17, 15) is 0 Å². The van der Waals surface area contributed by atoms with E-state index in [1.165, 1.54) is 0 Å². The van der Waals surface area contributed by atoms with Gasteiger partial charge in [-0.3, -0.25) is 9.97 Å². The van der Waals surface area contributed by atoms with Crippen LogP contribution in [0.3, 0.4) is 0 Å². The number of hydrogen-bond donors (Lipinski definition) is 1. The van der Waals surface area contributed by atoms with Crippen molar-refractivity contribution in [3.63, 3.8) is 0 Å². The first kappa shape index (κ1) is 8.39. The first-order valence-corrected chi connectivity index (χ1v) is 3.51. The minimum absolute atomic E-state index is 0.718. The van der Waals surface area contributed by atoms with Gasteiger partial charge in [0.25, 0.3) is 0 Å². The molecule has 0 spiro atoms. The Balaban J connectivity index is 2.77. The zero-order valence-electron chi connectivity index (χ0n) is 6.86. The average molecular weight is 162 g/mol. The second-order valence-corrected chi connectivity index (χ2v) is 2.05. The van der Waals surface area contributed by atoms with Gasteiger partial charge in [-0.1, -0.05) is 6.58 Å². The molecule has 0 amide bonds. The van der Waals surface area contributed by atoms with E-state index in [4.69, 9.17) is 0 Å². The van der Waals surface area contributed by atoms with Crippen molar-refractivity contribution < 1.29 is 0 Å². The SMILES string of the molecule is C=Cc1cnc(C=NNC)cn1. The summed E-state index contributed by atoms with van der Waals surface area (Å²) in [5.74, 6) is 0. The fourth-order valence-corrected chi connectivity index (χ4v) is 0.651. The van der Waals surface area contributed by atoms with Crippen molar-refractivity contribution in [2.45, 2.75) is 0 Å². The Kier molecular flexibility index (Phi) is 2.95. The molecule has 1 heterocycles. The highest BCUT2D eigenvalue weighted by Crippen LogP contribution is 1.93. The summed E-state index contributed by atoms with van der Waals surface area (Å²) >= 11 is 0. The normalized spacial score (nSPS) is 10.1. The lowest BCUT2D eigenvalue weighted by Crippen LogP contribution is -1.97. The summed E-state index contributed by atoms with van der Waals surface area (Å²) in [4.78, 5) is 8.11. The standard InChI is InChI=1S/C8H10N4/c1-3-7-4-11-8(5-10-7)6-12-9-2/h3-6,9H,1H2,2H3. The summed E-state index contributed by atoms with van der Waals surface area (Å²) in [6.45, 7) is 3.57. The molecule has 0 fully saturated rings. The molecule has 1 N–H and O–H groups in total. The molecule has 4 nitrogen and oxygen atoms in total. The van der Waals surface area contributed by atoms with Crippen LogP contribution < -0.4 is 5.43 Å². The first-order chi connectivity index (χ1) is 5.86. The molecule has 0 saturated carbocycles. The number of rotatable bonds is 3. The molecule has 0 aliphatic heterocycles. The van der Waals surface area contributed by atoms with Gasteiger partial charge in [0.05, 0.1) is 24.3 Å². The Morgan fingerprint density at radius 2 is 2.08 bits per heavy atom. The number of nitrogens with one attached hydrogen (secondary N) is 1. The van der Waals surface area contributed by atoms with E-state index in [2.05, 4.69) is 27.1 Å². The van der Waals surface area contributed by atoms with E-state index >= 15 is 0 Å². The molecule has 0 aromatic carbocycles. The molecule has 62 valence electrons. The van der Waals surface area contributed by atoms with E-state index in [1.807, 2.05) is 0 Å². The third kappa shape index (κ3) is 2.16. The van der Waals surface area contributed by atoms with E-state index in [-0.39, 0.29) is 0 Å². The number of hydrogen-bond acceptors (Lipinski definition) is 4. The molecule has 0 aliphatic rings. The van der Waals surface area contributed by atoms with Crippen molar-refractivity contribution in [3.8, 4) is 0 Å². The van der Waals surface area contributed by atoms with E-state index in [1.54, 1.807) is 31.7 Å². The summed E-state index contributed by atoms with van der Waals surface area (Å²) < 4.78 is 0. The molecule has 0 bridgehead atoms. The van der Waals surface area contributed by atoms with Crippen LogP contribution in [0.25, 0.3) is 6.08 Å². The maximum atomic E-state index is 4.06. The second kappa shape index (κ2) is 4.23. The number of nitrogens with zero attached hydrogens (tertiary/aromatic N) is 3. The lowest BCUT2D eigenvalue weighted by molar-refractivity contribution is 0.906. The Morgan fingerprint density at radius 1 is 1.42 bits per heavy atom. The van der Waals surface area contributed by atoms with Crippen molar-refractivity contribution in [2.75, 3.05) is 7.05 Å². The fourth-order valence-electron chi connectivity index (χ4n) is 0.651. The molecular weight excluding hydrogens is 152 g/mol. The van der Waals surface area contributed by atoms with E-state index in [0.29, 0.717) is 0 Å². The minimum Gasteiger partial charge on any atom is -0.313 e. The Hall–Kier alpha value is -1.71. The zero-order valence-corrected chi connectivity index (χ0v) is 6.86. The van der Waals surface area contributed by atoms with Crippen LogP contribution in [0.4, 0.5) is 0 Å². The molecule has 1 rings (SSSR count). The predicted molar refractivity (Wildman–Crippen MR) is 48.8 cm³/mol. The topological polar surface area (TPSA) is 50.2 Å². The quantitative estimate of drug-likeness (QED) is 0.525. The van der Waals surface area contributed by atoms with Gasteiger partial charge < -0.3 is 5.43 Å². The zero-order chi connectivity index (χ0) is 8.81. The predicted octanol–water partition coefficient (Wildman–Crippen LogP) is 0.673. The number of hydrazone groups is 1. The molecule has 12 heavy (non-hydrogen) atoms. The highest BCUT2D eigenvalue weighted by atomic mass is 15.3. The third-order valence-corrected chi connectivity index (χ3v) is 1.23. The maximum Gasteiger partial charge on any atom is 0.101 e. The molecular formula is C8H10N4. The molecule has 1 aromatic rings. The molecule has 4 heteroatoms. The summed E-state index contributed by atoms with van der Waals surface area (Å²) in [5, 5.41) is 3.79. The van der Waals surface area contributed by atoms with Gasteiger partial charge in [0.1, 0.15) is 5.69 Å². The summed E-state index contributed by atoms with van der Waals surface area (Å²) in [6, 6.07) is 0. The van der Waals surface area contributed by atoms with E-state index in [0.717, 1.165) is 11.4 Å². The van der Waals surface area contributed by atoms with E-state index < -0.39 is 0 Å². The van der Waals surface area contributed by atoms with Gasteiger partial charge in [-0.25, -0.2) is 0 Å². The second-order valence-electron chi connectivity index (χ2n) is 2.05. The summed E-state index contributed by atoms with van der Waals surface area (Å²) in [7, 11) is 1.72. The highest BCUT2D eigenvalue weighted by molar-refractivity contribution is 5.76. The van der Waals surface area contributed by atoms with Gasteiger partial charge in [-0.05, 0) is 6.08 Å². The minimum atomic E-state index is 0.718.